The lowest BCUT2D eigenvalue weighted by Gasteiger charge is -2.30. The third-order valence-corrected chi connectivity index (χ3v) is 4.88. The van der Waals surface area contributed by atoms with E-state index >= 15 is 0 Å². The topological polar surface area (TPSA) is 32.3 Å². The Balaban J connectivity index is 0.00000264. The fraction of sp³-hybridized carbons (Fsp3) is 0.938. The number of rotatable bonds is 7. The molecular formula is C16H28ClF3N2O. The summed E-state index contributed by atoms with van der Waals surface area (Å²) in [5.74, 6) is 1.09. The van der Waals surface area contributed by atoms with E-state index in [9.17, 15) is 18.0 Å². The predicted molar refractivity (Wildman–Crippen MR) is 86.6 cm³/mol. The summed E-state index contributed by atoms with van der Waals surface area (Å²) in [6.45, 7) is 4.34. The van der Waals surface area contributed by atoms with Crippen LogP contribution in [0, 0.1) is 17.8 Å². The molecule has 1 atom stereocenters. The normalized spacial score (nSPS) is 20.7. The van der Waals surface area contributed by atoms with Crippen LogP contribution in [0.4, 0.5) is 13.2 Å². The minimum Gasteiger partial charge on any atom is -0.342 e. The van der Waals surface area contributed by atoms with E-state index in [1.165, 1.54) is 4.90 Å². The number of carbonyl (C=O) groups is 1. The van der Waals surface area contributed by atoms with Crippen LogP contribution in [0.3, 0.4) is 0 Å². The molecule has 0 aromatic rings. The van der Waals surface area contributed by atoms with E-state index in [0.717, 1.165) is 38.8 Å². The number of hydrogen-bond acceptors (Lipinski definition) is 2. The standard InChI is InChI=1S/C16H27F3N2O.ClH/c1-12(14-4-7-20-8-5-14)10-15(22)21(11-13-2-3-13)9-6-16(17,18)19;/h12-14,20H,2-11H2,1H3;1H. The molecule has 7 heteroatoms. The zero-order valence-electron chi connectivity index (χ0n) is 13.7. The molecule has 1 saturated carbocycles. The fourth-order valence-corrected chi connectivity index (χ4v) is 3.18. The fourth-order valence-electron chi connectivity index (χ4n) is 3.18. The summed E-state index contributed by atoms with van der Waals surface area (Å²) in [6.07, 6.45) is -0.510. The van der Waals surface area contributed by atoms with Gasteiger partial charge in [0.05, 0.1) is 6.42 Å². The van der Waals surface area contributed by atoms with Crippen molar-refractivity contribution in [1.29, 1.82) is 0 Å². The maximum atomic E-state index is 12.4. The van der Waals surface area contributed by atoms with Crippen molar-refractivity contribution in [1.82, 2.24) is 10.2 Å². The van der Waals surface area contributed by atoms with Gasteiger partial charge in [0.2, 0.25) is 5.91 Å². The second kappa shape index (κ2) is 9.11. The summed E-state index contributed by atoms with van der Waals surface area (Å²) >= 11 is 0. The van der Waals surface area contributed by atoms with Crippen molar-refractivity contribution in [3.05, 3.63) is 0 Å². The van der Waals surface area contributed by atoms with Gasteiger partial charge in [0.15, 0.2) is 0 Å². The number of amides is 1. The second-order valence-corrected chi connectivity index (χ2v) is 6.92. The van der Waals surface area contributed by atoms with Crippen molar-refractivity contribution in [2.24, 2.45) is 17.8 Å². The Labute approximate surface area is 142 Å². The second-order valence-electron chi connectivity index (χ2n) is 6.92. The van der Waals surface area contributed by atoms with Crippen LogP contribution in [0.2, 0.25) is 0 Å². The summed E-state index contributed by atoms with van der Waals surface area (Å²) in [5, 5.41) is 3.30. The molecule has 0 aromatic carbocycles. The average molecular weight is 357 g/mol. The van der Waals surface area contributed by atoms with Crippen molar-refractivity contribution >= 4 is 18.3 Å². The quantitative estimate of drug-likeness (QED) is 0.755. The summed E-state index contributed by atoms with van der Waals surface area (Å²) in [4.78, 5) is 13.9. The maximum Gasteiger partial charge on any atom is 0.390 e. The van der Waals surface area contributed by atoms with Crippen molar-refractivity contribution in [3.63, 3.8) is 0 Å². The van der Waals surface area contributed by atoms with Crippen molar-refractivity contribution < 1.29 is 18.0 Å². The third kappa shape index (κ3) is 7.75. The largest absolute Gasteiger partial charge is 0.390 e. The molecule has 136 valence electrons. The number of piperidine rings is 1. The monoisotopic (exact) mass is 356 g/mol. The van der Waals surface area contributed by atoms with Gasteiger partial charge in [-0.15, -0.1) is 12.4 Å². The Morgan fingerprint density at radius 3 is 2.35 bits per heavy atom. The summed E-state index contributed by atoms with van der Waals surface area (Å²) in [7, 11) is 0. The van der Waals surface area contributed by atoms with E-state index in [0.29, 0.717) is 24.8 Å². The molecule has 1 amide bonds. The molecule has 2 fully saturated rings. The smallest absolute Gasteiger partial charge is 0.342 e. The highest BCUT2D eigenvalue weighted by Gasteiger charge is 2.33. The minimum atomic E-state index is -4.19. The first-order valence-corrected chi connectivity index (χ1v) is 8.40. The van der Waals surface area contributed by atoms with Gasteiger partial charge >= 0.3 is 6.18 Å². The molecular weight excluding hydrogens is 329 g/mol. The molecule has 2 aliphatic rings. The summed E-state index contributed by atoms with van der Waals surface area (Å²) in [6, 6.07) is 0. The van der Waals surface area contributed by atoms with Crippen LogP contribution < -0.4 is 5.32 Å². The predicted octanol–water partition coefficient (Wildman–Crippen LogP) is 3.63. The Hall–Kier alpha value is -0.490. The van der Waals surface area contributed by atoms with Gasteiger partial charge in [0, 0.05) is 19.5 Å². The number of hydrogen-bond donors (Lipinski definition) is 1. The number of carbonyl (C=O) groups excluding carboxylic acids is 1. The molecule has 1 aliphatic carbocycles. The van der Waals surface area contributed by atoms with Crippen LogP contribution in [-0.2, 0) is 4.79 Å². The SMILES string of the molecule is CC(CC(=O)N(CCC(F)(F)F)CC1CC1)C1CCNCC1.Cl. The molecule has 0 spiro atoms. The van der Waals surface area contributed by atoms with Crippen LogP contribution in [-0.4, -0.2) is 43.2 Å². The van der Waals surface area contributed by atoms with Crippen molar-refractivity contribution in [2.45, 2.75) is 51.6 Å². The zero-order valence-corrected chi connectivity index (χ0v) is 14.5. The molecule has 1 unspecified atom stereocenters. The Morgan fingerprint density at radius 1 is 1.22 bits per heavy atom. The van der Waals surface area contributed by atoms with Gasteiger partial charge in [-0.1, -0.05) is 6.92 Å². The van der Waals surface area contributed by atoms with Gasteiger partial charge in [-0.2, -0.15) is 13.2 Å². The molecule has 1 saturated heterocycles. The highest BCUT2D eigenvalue weighted by atomic mass is 35.5. The molecule has 0 aromatic heterocycles. The first-order valence-electron chi connectivity index (χ1n) is 8.40. The van der Waals surface area contributed by atoms with E-state index in [4.69, 9.17) is 0 Å². The van der Waals surface area contributed by atoms with Crippen molar-refractivity contribution in [3.8, 4) is 0 Å². The van der Waals surface area contributed by atoms with Gasteiger partial charge in [-0.05, 0) is 56.5 Å². The third-order valence-electron chi connectivity index (χ3n) is 4.88. The van der Waals surface area contributed by atoms with Crippen LogP contribution in [0.15, 0.2) is 0 Å². The van der Waals surface area contributed by atoms with E-state index in [2.05, 4.69) is 12.2 Å². The molecule has 2 rings (SSSR count). The van der Waals surface area contributed by atoms with Gasteiger partial charge in [0.1, 0.15) is 0 Å². The molecule has 3 nitrogen and oxygen atoms in total. The zero-order chi connectivity index (χ0) is 16.2. The number of halogens is 4. The van der Waals surface area contributed by atoms with E-state index < -0.39 is 12.6 Å². The summed E-state index contributed by atoms with van der Waals surface area (Å²) in [5.41, 5.74) is 0. The minimum absolute atomic E-state index is 0. The van der Waals surface area contributed by atoms with E-state index in [1.54, 1.807) is 0 Å². The lowest BCUT2D eigenvalue weighted by Crippen LogP contribution is -2.38. The Morgan fingerprint density at radius 2 is 1.83 bits per heavy atom. The number of nitrogens with zero attached hydrogens (tertiary/aromatic N) is 1. The van der Waals surface area contributed by atoms with Gasteiger partial charge in [-0.25, -0.2) is 0 Å². The van der Waals surface area contributed by atoms with E-state index in [1.807, 2.05) is 0 Å². The Bertz CT molecular complexity index is 369. The lowest BCUT2D eigenvalue weighted by atomic mass is 9.84. The number of nitrogens with one attached hydrogen (secondary N) is 1. The van der Waals surface area contributed by atoms with Crippen molar-refractivity contribution in [2.75, 3.05) is 26.2 Å². The van der Waals surface area contributed by atoms with Crippen LogP contribution in [0.25, 0.3) is 0 Å². The molecule has 0 bridgehead atoms. The molecule has 1 N–H and O–H groups in total. The van der Waals surface area contributed by atoms with Crippen LogP contribution >= 0.6 is 12.4 Å². The molecule has 1 aliphatic heterocycles. The first-order chi connectivity index (χ1) is 10.3. The van der Waals surface area contributed by atoms with Gasteiger partial charge in [-0.3, -0.25) is 4.79 Å². The number of alkyl halides is 3. The Kier molecular flexibility index (Phi) is 8.14. The van der Waals surface area contributed by atoms with Crippen LogP contribution in [0.1, 0.15) is 45.4 Å². The first kappa shape index (κ1) is 20.6. The highest BCUT2D eigenvalue weighted by molar-refractivity contribution is 5.85. The summed E-state index contributed by atoms with van der Waals surface area (Å²) < 4.78 is 37.3. The van der Waals surface area contributed by atoms with Crippen LogP contribution in [0.5, 0.6) is 0 Å². The average Bonchev–Trinajstić information content (AvgIpc) is 3.27. The van der Waals surface area contributed by atoms with Gasteiger partial charge in [0.25, 0.3) is 0 Å². The van der Waals surface area contributed by atoms with E-state index in [-0.39, 0.29) is 30.8 Å². The molecule has 23 heavy (non-hydrogen) atoms. The van der Waals surface area contributed by atoms with Gasteiger partial charge < -0.3 is 10.2 Å². The maximum absolute atomic E-state index is 12.4. The molecule has 1 heterocycles. The molecule has 0 radical (unpaired) electrons. The lowest BCUT2D eigenvalue weighted by molar-refractivity contribution is -0.146. The highest BCUT2D eigenvalue weighted by Crippen LogP contribution is 2.31.